The van der Waals surface area contributed by atoms with E-state index in [2.05, 4.69) is 0 Å². The molecule has 0 saturated carbocycles. The van der Waals surface area contributed by atoms with Crippen LogP contribution in [-0.4, -0.2) is 22.4 Å². The number of hydrogen-bond acceptors (Lipinski definition) is 5. The molecule has 1 heterocycles. The number of phenols is 3. The van der Waals surface area contributed by atoms with Crippen molar-refractivity contribution in [2.24, 2.45) is 0 Å². The van der Waals surface area contributed by atoms with Crippen LogP contribution in [0, 0.1) is 0 Å². The van der Waals surface area contributed by atoms with E-state index in [0.717, 1.165) is 17.5 Å². The summed E-state index contributed by atoms with van der Waals surface area (Å²) in [7, 11) is 1.45. The van der Waals surface area contributed by atoms with Crippen molar-refractivity contribution in [1.29, 1.82) is 0 Å². The van der Waals surface area contributed by atoms with Crippen molar-refractivity contribution in [3.8, 4) is 28.7 Å². The molecule has 5 nitrogen and oxygen atoms in total. The van der Waals surface area contributed by atoms with Gasteiger partial charge < -0.3 is 24.8 Å². The van der Waals surface area contributed by atoms with Crippen LogP contribution in [0.4, 0.5) is 0 Å². The highest BCUT2D eigenvalue weighted by Gasteiger charge is 2.27. The second-order valence-electron chi connectivity index (χ2n) is 4.99. The van der Waals surface area contributed by atoms with Gasteiger partial charge in [-0.15, -0.1) is 0 Å². The normalized spacial score (nSPS) is 16.9. The second kappa shape index (κ2) is 5.09. The van der Waals surface area contributed by atoms with E-state index in [0.29, 0.717) is 12.2 Å². The molecule has 0 aliphatic carbocycles. The fourth-order valence-corrected chi connectivity index (χ4v) is 2.62. The number of hydrogen-bond donors (Lipinski definition) is 3. The molecule has 0 amide bonds. The van der Waals surface area contributed by atoms with E-state index < -0.39 is 0 Å². The summed E-state index contributed by atoms with van der Waals surface area (Å²) < 4.78 is 11.1. The van der Waals surface area contributed by atoms with Crippen LogP contribution in [0.15, 0.2) is 30.3 Å². The molecular weight excluding hydrogens is 272 g/mol. The van der Waals surface area contributed by atoms with E-state index in [4.69, 9.17) is 9.47 Å². The fraction of sp³-hybridized carbons (Fsp3) is 0.250. The molecule has 0 bridgehead atoms. The number of rotatable bonds is 2. The molecular formula is C16H16O5. The first-order valence-electron chi connectivity index (χ1n) is 6.67. The van der Waals surface area contributed by atoms with E-state index in [-0.39, 0.29) is 29.1 Å². The molecule has 1 atom stereocenters. The summed E-state index contributed by atoms with van der Waals surface area (Å²) in [5, 5.41) is 28.9. The number of ether oxygens (including phenoxy) is 2. The molecule has 110 valence electrons. The van der Waals surface area contributed by atoms with E-state index >= 15 is 0 Å². The highest BCUT2D eigenvalue weighted by molar-refractivity contribution is 5.61. The predicted molar refractivity (Wildman–Crippen MR) is 76.1 cm³/mol. The first kappa shape index (κ1) is 13.4. The lowest BCUT2D eigenvalue weighted by Crippen LogP contribution is -2.15. The van der Waals surface area contributed by atoms with Crippen molar-refractivity contribution >= 4 is 0 Å². The first-order chi connectivity index (χ1) is 10.1. The monoisotopic (exact) mass is 288 g/mol. The zero-order chi connectivity index (χ0) is 15.0. The maximum atomic E-state index is 9.81. The lowest BCUT2D eigenvalue weighted by atomic mass is 9.96. The Balaban J connectivity index is 1.95. The Morgan fingerprint density at radius 1 is 1.14 bits per heavy atom. The minimum absolute atomic E-state index is 0.160. The van der Waals surface area contributed by atoms with E-state index in [1.807, 2.05) is 12.1 Å². The highest BCUT2D eigenvalue weighted by Crippen LogP contribution is 2.48. The summed E-state index contributed by atoms with van der Waals surface area (Å²) in [6.07, 6.45) is 1.22. The van der Waals surface area contributed by atoms with Crippen LogP contribution < -0.4 is 9.47 Å². The van der Waals surface area contributed by atoms with Gasteiger partial charge in [0.15, 0.2) is 11.5 Å². The molecule has 2 aromatic carbocycles. The van der Waals surface area contributed by atoms with Crippen LogP contribution in [0.1, 0.15) is 23.7 Å². The molecule has 0 spiro atoms. The van der Waals surface area contributed by atoms with Gasteiger partial charge in [0.05, 0.1) is 7.11 Å². The topological polar surface area (TPSA) is 79.2 Å². The van der Waals surface area contributed by atoms with Crippen LogP contribution in [-0.2, 0) is 6.42 Å². The molecule has 0 fully saturated rings. The van der Waals surface area contributed by atoms with E-state index in [9.17, 15) is 15.3 Å². The predicted octanol–water partition coefficient (Wildman–Crippen LogP) is 2.88. The third-order valence-corrected chi connectivity index (χ3v) is 3.69. The summed E-state index contributed by atoms with van der Waals surface area (Å²) in [4.78, 5) is 0. The van der Waals surface area contributed by atoms with Crippen molar-refractivity contribution in [2.45, 2.75) is 18.9 Å². The Kier molecular flexibility index (Phi) is 3.25. The average Bonchev–Trinajstić information content (AvgIpc) is 2.49. The molecule has 21 heavy (non-hydrogen) atoms. The van der Waals surface area contributed by atoms with Gasteiger partial charge in [0.1, 0.15) is 17.6 Å². The minimum atomic E-state index is -0.267. The lowest BCUT2D eigenvalue weighted by molar-refractivity contribution is 0.172. The standard InChI is InChI=1S/C16H16O5/c1-20-16-11-6-7-13(9-2-4-10(17)5-3-9)21-14(11)8-12(18)15(16)19/h2-5,8,13,17-19H,6-7H2,1H3. The van der Waals surface area contributed by atoms with Gasteiger partial charge in [-0.1, -0.05) is 12.1 Å². The molecule has 1 aliphatic rings. The molecule has 3 N–H and O–H groups in total. The zero-order valence-corrected chi connectivity index (χ0v) is 11.5. The van der Waals surface area contributed by atoms with Crippen molar-refractivity contribution in [3.63, 3.8) is 0 Å². The lowest BCUT2D eigenvalue weighted by Gasteiger charge is -2.28. The van der Waals surface area contributed by atoms with Crippen LogP contribution in [0.5, 0.6) is 28.7 Å². The minimum Gasteiger partial charge on any atom is -0.508 e. The zero-order valence-electron chi connectivity index (χ0n) is 11.5. The molecule has 5 heteroatoms. The van der Waals surface area contributed by atoms with Gasteiger partial charge in [-0.05, 0) is 30.5 Å². The Morgan fingerprint density at radius 3 is 2.52 bits per heavy atom. The molecule has 0 aromatic heterocycles. The Morgan fingerprint density at radius 2 is 1.86 bits per heavy atom. The van der Waals surface area contributed by atoms with E-state index in [1.165, 1.54) is 13.2 Å². The summed E-state index contributed by atoms with van der Waals surface area (Å²) in [6, 6.07) is 8.25. The first-order valence-corrected chi connectivity index (χ1v) is 6.67. The Labute approximate surface area is 122 Å². The summed E-state index contributed by atoms with van der Waals surface area (Å²) in [5.74, 6) is 0.444. The number of fused-ring (bicyclic) bond motifs is 1. The third kappa shape index (κ3) is 2.31. The van der Waals surface area contributed by atoms with Crippen LogP contribution in [0.3, 0.4) is 0 Å². The number of aromatic hydroxyl groups is 3. The molecule has 1 aliphatic heterocycles. The Bertz CT molecular complexity index is 663. The van der Waals surface area contributed by atoms with Crippen molar-refractivity contribution in [1.82, 2.24) is 0 Å². The van der Waals surface area contributed by atoms with Crippen molar-refractivity contribution in [3.05, 3.63) is 41.5 Å². The highest BCUT2D eigenvalue weighted by atomic mass is 16.5. The SMILES string of the molecule is COc1c(O)c(O)cc2c1CCC(c1ccc(O)cc1)O2. The second-order valence-corrected chi connectivity index (χ2v) is 4.99. The van der Waals surface area contributed by atoms with Crippen LogP contribution >= 0.6 is 0 Å². The average molecular weight is 288 g/mol. The maximum absolute atomic E-state index is 9.81. The van der Waals surface area contributed by atoms with Crippen LogP contribution in [0.2, 0.25) is 0 Å². The maximum Gasteiger partial charge on any atom is 0.201 e. The third-order valence-electron chi connectivity index (χ3n) is 3.69. The van der Waals surface area contributed by atoms with Gasteiger partial charge in [-0.25, -0.2) is 0 Å². The summed E-state index contributed by atoms with van der Waals surface area (Å²) in [5.41, 5.74) is 1.70. The van der Waals surface area contributed by atoms with Crippen LogP contribution in [0.25, 0.3) is 0 Å². The molecule has 2 aromatic rings. The molecule has 3 rings (SSSR count). The van der Waals surface area contributed by atoms with Gasteiger partial charge in [-0.2, -0.15) is 0 Å². The summed E-state index contributed by atoms with van der Waals surface area (Å²) >= 11 is 0. The summed E-state index contributed by atoms with van der Waals surface area (Å²) in [6.45, 7) is 0. The quantitative estimate of drug-likeness (QED) is 0.740. The number of phenolic OH excluding ortho intramolecular Hbond substituents is 3. The van der Waals surface area contributed by atoms with Gasteiger partial charge in [0.2, 0.25) is 5.75 Å². The Hall–Kier alpha value is -2.56. The van der Waals surface area contributed by atoms with Gasteiger partial charge in [0, 0.05) is 11.6 Å². The molecule has 0 saturated heterocycles. The molecule has 0 radical (unpaired) electrons. The fourth-order valence-electron chi connectivity index (χ4n) is 2.62. The smallest absolute Gasteiger partial charge is 0.201 e. The van der Waals surface area contributed by atoms with Gasteiger partial charge in [-0.3, -0.25) is 0 Å². The van der Waals surface area contributed by atoms with Crippen molar-refractivity contribution in [2.75, 3.05) is 7.11 Å². The number of methoxy groups -OCH3 is 1. The largest absolute Gasteiger partial charge is 0.508 e. The van der Waals surface area contributed by atoms with Gasteiger partial charge in [0.25, 0.3) is 0 Å². The van der Waals surface area contributed by atoms with Gasteiger partial charge >= 0.3 is 0 Å². The molecule has 1 unspecified atom stereocenters. The van der Waals surface area contributed by atoms with Crippen molar-refractivity contribution < 1.29 is 24.8 Å². The van der Waals surface area contributed by atoms with E-state index in [1.54, 1.807) is 12.1 Å². The number of benzene rings is 2.